The maximum absolute atomic E-state index is 11.9. The number of nitrogens with one attached hydrogen (secondary N) is 1. The maximum Gasteiger partial charge on any atom is 0.220 e. The van der Waals surface area contributed by atoms with E-state index >= 15 is 0 Å². The summed E-state index contributed by atoms with van der Waals surface area (Å²) >= 11 is 3.54. The first kappa shape index (κ1) is 12.4. The van der Waals surface area contributed by atoms with Crippen molar-refractivity contribution in [3.05, 3.63) is 0 Å². The zero-order chi connectivity index (χ0) is 11.4. The van der Waals surface area contributed by atoms with Gasteiger partial charge in [0, 0.05) is 17.8 Å². The fourth-order valence-electron chi connectivity index (χ4n) is 3.15. The normalized spacial score (nSPS) is 30.8. The van der Waals surface area contributed by atoms with Crippen molar-refractivity contribution >= 4 is 21.8 Å². The van der Waals surface area contributed by atoms with Crippen LogP contribution in [0.1, 0.15) is 51.4 Å². The topological polar surface area (TPSA) is 29.1 Å². The predicted octanol–water partition coefficient (Wildman–Crippen LogP) is 3.25. The Hall–Kier alpha value is -0.0500. The van der Waals surface area contributed by atoms with Crippen LogP contribution in [0.2, 0.25) is 0 Å². The lowest BCUT2D eigenvalue weighted by Crippen LogP contribution is -2.38. The molecule has 3 heteroatoms. The van der Waals surface area contributed by atoms with Crippen LogP contribution in [0.25, 0.3) is 0 Å². The van der Waals surface area contributed by atoms with Gasteiger partial charge in [-0.05, 0) is 37.5 Å². The molecular weight excluding hydrogens is 266 g/mol. The molecule has 0 aromatic rings. The van der Waals surface area contributed by atoms with Gasteiger partial charge in [0.05, 0.1) is 0 Å². The van der Waals surface area contributed by atoms with Crippen LogP contribution in [0.4, 0.5) is 0 Å². The summed E-state index contributed by atoms with van der Waals surface area (Å²) in [6.45, 7) is 0. The molecule has 0 spiro atoms. The summed E-state index contributed by atoms with van der Waals surface area (Å²) in [5, 5.41) is 4.27. The molecular formula is C13H22BrNO. The van der Waals surface area contributed by atoms with E-state index in [1.807, 2.05) is 0 Å². The van der Waals surface area contributed by atoms with Gasteiger partial charge in [0.2, 0.25) is 5.91 Å². The summed E-state index contributed by atoms with van der Waals surface area (Å²) < 4.78 is 0. The van der Waals surface area contributed by atoms with Gasteiger partial charge in [-0.1, -0.05) is 35.2 Å². The number of carbonyl (C=O) groups is 1. The van der Waals surface area contributed by atoms with Crippen LogP contribution in [-0.4, -0.2) is 17.3 Å². The van der Waals surface area contributed by atoms with Crippen LogP contribution in [0.5, 0.6) is 0 Å². The summed E-state index contributed by atoms with van der Waals surface area (Å²) in [5.41, 5.74) is 0. The molecule has 2 saturated carbocycles. The minimum absolute atomic E-state index is 0.296. The molecule has 0 bridgehead atoms. The zero-order valence-electron chi connectivity index (χ0n) is 9.88. The van der Waals surface area contributed by atoms with Crippen LogP contribution in [0.3, 0.4) is 0 Å². The molecule has 16 heavy (non-hydrogen) atoms. The average Bonchev–Trinajstić information content (AvgIpc) is 2.88. The molecule has 0 saturated heterocycles. The SMILES string of the molecule is O=C(CC1CCCC1)NC1CCCC1CBr. The minimum Gasteiger partial charge on any atom is -0.353 e. The van der Waals surface area contributed by atoms with Gasteiger partial charge in [0.1, 0.15) is 0 Å². The highest BCUT2D eigenvalue weighted by atomic mass is 79.9. The van der Waals surface area contributed by atoms with E-state index in [1.54, 1.807) is 0 Å². The van der Waals surface area contributed by atoms with Crippen molar-refractivity contribution in [1.82, 2.24) is 5.32 Å². The third-order valence-corrected chi connectivity index (χ3v) is 4.98. The van der Waals surface area contributed by atoms with Crippen molar-refractivity contribution in [2.45, 2.75) is 57.4 Å². The third kappa shape index (κ3) is 3.22. The average molecular weight is 288 g/mol. The summed E-state index contributed by atoms with van der Waals surface area (Å²) in [6, 6.07) is 0.438. The van der Waals surface area contributed by atoms with Crippen molar-refractivity contribution in [2.24, 2.45) is 11.8 Å². The van der Waals surface area contributed by atoms with Gasteiger partial charge in [0.15, 0.2) is 0 Å². The van der Waals surface area contributed by atoms with Crippen molar-refractivity contribution < 1.29 is 4.79 Å². The largest absolute Gasteiger partial charge is 0.353 e. The fourth-order valence-corrected chi connectivity index (χ4v) is 3.93. The lowest BCUT2D eigenvalue weighted by molar-refractivity contribution is -0.122. The maximum atomic E-state index is 11.9. The Bertz CT molecular complexity index is 238. The van der Waals surface area contributed by atoms with Crippen LogP contribution in [0, 0.1) is 11.8 Å². The van der Waals surface area contributed by atoms with Gasteiger partial charge in [-0.3, -0.25) is 4.79 Å². The van der Waals surface area contributed by atoms with Crippen LogP contribution < -0.4 is 5.32 Å². The highest BCUT2D eigenvalue weighted by molar-refractivity contribution is 9.09. The van der Waals surface area contributed by atoms with Gasteiger partial charge in [0.25, 0.3) is 0 Å². The van der Waals surface area contributed by atoms with E-state index in [0.717, 1.165) is 11.8 Å². The summed E-state index contributed by atoms with van der Waals surface area (Å²) in [4.78, 5) is 11.9. The van der Waals surface area contributed by atoms with Gasteiger partial charge in [-0.2, -0.15) is 0 Å². The number of amides is 1. The molecule has 2 rings (SSSR count). The summed E-state index contributed by atoms with van der Waals surface area (Å²) in [6.07, 6.45) is 9.65. The Morgan fingerprint density at radius 1 is 1.12 bits per heavy atom. The molecule has 2 nitrogen and oxygen atoms in total. The van der Waals surface area contributed by atoms with Crippen molar-refractivity contribution in [3.63, 3.8) is 0 Å². The van der Waals surface area contributed by atoms with E-state index in [0.29, 0.717) is 23.8 Å². The van der Waals surface area contributed by atoms with Crippen LogP contribution in [-0.2, 0) is 4.79 Å². The Morgan fingerprint density at radius 2 is 1.88 bits per heavy atom. The van der Waals surface area contributed by atoms with Gasteiger partial charge in [-0.25, -0.2) is 0 Å². The molecule has 1 N–H and O–H groups in total. The summed E-state index contributed by atoms with van der Waals surface area (Å²) in [5.74, 6) is 1.63. The first-order chi connectivity index (χ1) is 7.79. The molecule has 2 unspecified atom stereocenters. The minimum atomic E-state index is 0.296. The molecule has 2 aliphatic carbocycles. The molecule has 2 atom stereocenters. The molecule has 92 valence electrons. The van der Waals surface area contributed by atoms with Crippen molar-refractivity contribution in [3.8, 4) is 0 Å². The molecule has 0 radical (unpaired) electrons. The first-order valence-corrected chi connectivity index (χ1v) is 7.77. The molecule has 0 aliphatic heterocycles. The number of alkyl halides is 1. The highest BCUT2D eigenvalue weighted by Gasteiger charge is 2.28. The smallest absolute Gasteiger partial charge is 0.220 e. The molecule has 0 aromatic carbocycles. The number of rotatable bonds is 4. The summed E-state index contributed by atoms with van der Waals surface area (Å²) in [7, 11) is 0. The van der Waals surface area contributed by atoms with E-state index in [1.165, 1.54) is 44.9 Å². The van der Waals surface area contributed by atoms with Crippen LogP contribution in [0.15, 0.2) is 0 Å². The Balaban J connectivity index is 1.73. The Morgan fingerprint density at radius 3 is 2.56 bits per heavy atom. The Labute approximate surface area is 107 Å². The number of carbonyl (C=O) groups excluding carboxylic acids is 1. The van der Waals surface area contributed by atoms with Crippen LogP contribution >= 0.6 is 15.9 Å². The number of hydrogen-bond donors (Lipinski definition) is 1. The molecule has 0 aromatic heterocycles. The van der Waals surface area contributed by atoms with E-state index in [2.05, 4.69) is 21.2 Å². The second-order valence-corrected chi connectivity index (χ2v) is 6.02. The zero-order valence-corrected chi connectivity index (χ0v) is 11.5. The van der Waals surface area contributed by atoms with Crippen molar-refractivity contribution in [1.29, 1.82) is 0 Å². The second kappa shape index (κ2) is 6.04. The molecule has 2 aliphatic rings. The quantitative estimate of drug-likeness (QED) is 0.790. The second-order valence-electron chi connectivity index (χ2n) is 5.37. The van der Waals surface area contributed by atoms with E-state index in [4.69, 9.17) is 0 Å². The molecule has 0 heterocycles. The van der Waals surface area contributed by atoms with Gasteiger partial charge < -0.3 is 5.32 Å². The predicted molar refractivity (Wildman–Crippen MR) is 69.6 cm³/mol. The lowest BCUT2D eigenvalue weighted by Gasteiger charge is -2.20. The Kier molecular flexibility index (Phi) is 4.68. The van der Waals surface area contributed by atoms with Gasteiger partial charge in [-0.15, -0.1) is 0 Å². The number of halogens is 1. The van der Waals surface area contributed by atoms with Crippen molar-refractivity contribution in [2.75, 3.05) is 5.33 Å². The third-order valence-electron chi connectivity index (χ3n) is 4.15. The standard InChI is InChI=1S/C13H22BrNO/c14-9-11-6-3-7-12(11)15-13(16)8-10-4-1-2-5-10/h10-12H,1-9H2,(H,15,16). The van der Waals surface area contributed by atoms with Gasteiger partial charge >= 0.3 is 0 Å². The van der Waals surface area contributed by atoms with E-state index < -0.39 is 0 Å². The fraction of sp³-hybridized carbons (Fsp3) is 0.923. The lowest BCUT2D eigenvalue weighted by atomic mass is 10.0. The van der Waals surface area contributed by atoms with E-state index in [9.17, 15) is 4.79 Å². The highest BCUT2D eigenvalue weighted by Crippen LogP contribution is 2.29. The molecule has 2 fully saturated rings. The molecule has 1 amide bonds. The number of hydrogen-bond acceptors (Lipinski definition) is 1. The first-order valence-electron chi connectivity index (χ1n) is 6.65. The monoisotopic (exact) mass is 287 g/mol. The van der Waals surface area contributed by atoms with E-state index in [-0.39, 0.29) is 0 Å².